The van der Waals surface area contributed by atoms with E-state index >= 15 is 40.7 Å². The lowest BCUT2D eigenvalue weighted by atomic mass is 9.49. The molecule has 2 aliphatic carbocycles. The second-order valence-corrected chi connectivity index (χ2v) is 19.1. The maximum absolute atomic E-state index is 19.7. The summed E-state index contributed by atoms with van der Waals surface area (Å²) in [6.07, 6.45) is -6.58. The van der Waals surface area contributed by atoms with E-state index in [0.29, 0.717) is 38.1 Å². The summed E-state index contributed by atoms with van der Waals surface area (Å²) in [5.74, 6) is -13.7. The first-order valence-corrected chi connectivity index (χ1v) is 24.0. The normalized spacial score (nSPS) is 25.0. The van der Waals surface area contributed by atoms with Crippen molar-refractivity contribution in [3.63, 3.8) is 0 Å². The number of rotatable bonds is 14. The van der Waals surface area contributed by atoms with Gasteiger partial charge in [0.05, 0.1) is 22.0 Å². The number of allylic oxidation sites excluding steroid dienone is 4. The van der Waals surface area contributed by atoms with E-state index < -0.39 is 158 Å². The molecule has 0 spiro atoms. The molecule has 6 atom stereocenters. The summed E-state index contributed by atoms with van der Waals surface area (Å²) >= 11 is 0. The van der Waals surface area contributed by atoms with Crippen LogP contribution in [0.25, 0.3) is 11.1 Å². The first kappa shape index (κ1) is 51.8. The number of phenols is 2. The van der Waals surface area contributed by atoms with Gasteiger partial charge in [-0.15, -0.1) is 0 Å². The number of nitrogens with two attached hydrogens (primary N) is 2. The van der Waals surface area contributed by atoms with Crippen LogP contribution in [0.15, 0.2) is 107 Å². The summed E-state index contributed by atoms with van der Waals surface area (Å²) in [6.45, 7) is 2.21. The monoisotopic (exact) mass is 998 g/mol. The Morgan fingerprint density at radius 1 is 0.597 bits per heavy atom. The highest BCUT2D eigenvalue weighted by atomic mass is 19.2. The van der Waals surface area contributed by atoms with Gasteiger partial charge in [0.2, 0.25) is 0 Å². The van der Waals surface area contributed by atoms with Crippen LogP contribution in [-0.2, 0) is 4.79 Å². The van der Waals surface area contributed by atoms with Gasteiger partial charge in [0.15, 0.2) is 17.3 Å². The van der Waals surface area contributed by atoms with Gasteiger partial charge in [-0.05, 0) is 172 Å². The van der Waals surface area contributed by atoms with E-state index in [9.17, 15) is 20.4 Å². The molecular formula is C55H56F6N4O7. The molecule has 10 N–H and O–H groups in total. The molecule has 4 aliphatic rings. The number of carbonyl (C=O) groups excluding carboxylic acids is 3. The molecule has 2 unspecified atom stereocenters. The van der Waals surface area contributed by atoms with Gasteiger partial charge in [0.25, 0.3) is 0 Å². The van der Waals surface area contributed by atoms with E-state index in [0.717, 1.165) is 36.4 Å². The lowest BCUT2D eigenvalue weighted by molar-refractivity contribution is -0.143. The van der Waals surface area contributed by atoms with E-state index in [1.807, 2.05) is 0 Å². The van der Waals surface area contributed by atoms with Crippen LogP contribution in [0.5, 0.6) is 11.5 Å². The molecule has 4 aromatic carbocycles. The van der Waals surface area contributed by atoms with E-state index in [4.69, 9.17) is 11.5 Å². The molecule has 2 fully saturated rings. The van der Waals surface area contributed by atoms with Crippen molar-refractivity contribution in [2.45, 2.75) is 64.7 Å². The average molecular weight is 999 g/mol. The smallest absolute Gasteiger partial charge is 0.195 e. The van der Waals surface area contributed by atoms with Crippen molar-refractivity contribution in [2.75, 3.05) is 39.3 Å². The van der Waals surface area contributed by atoms with Gasteiger partial charge in [-0.1, -0.05) is 24.3 Å². The zero-order chi connectivity index (χ0) is 52.0. The van der Waals surface area contributed by atoms with Crippen molar-refractivity contribution in [1.29, 1.82) is 0 Å². The van der Waals surface area contributed by atoms with Crippen LogP contribution in [0.3, 0.4) is 0 Å². The molecule has 0 amide bonds. The third kappa shape index (κ3) is 8.42. The summed E-state index contributed by atoms with van der Waals surface area (Å²) in [6, 6.07) is 12.0. The Labute approximate surface area is 412 Å². The number of hydrogen-bond acceptors (Lipinski definition) is 11. The quantitative estimate of drug-likeness (QED) is 0.0442. The van der Waals surface area contributed by atoms with Crippen molar-refractivity contribution in [1.82, 2.24) is 10.6 Å². The van der Waals surface area contributed by atoms with Gasteiger partial charge in [-0.2, -0.15) is 0 Å². The Bertz CT molecular complexity index is 2800. The van der Waals surface area contributed by atoms with Crippen molar-refractivity contribution in [3.8, 4) is 11.5 Å². The average Bonchev–Trinajstić information content (AvgIpc) is 3.36. The highest BCUT2D eigenvalue weighted by Crippen LogP contribution is 2.63. The molecular weight excluding hydrogens is 943 g/mol. The molecule has 2 saturated heterocycles. The number of alkyl halides is 2. The third-order valence-electron chi connectivity index (χ3n) is 15.1. The number of ketones is 3. The Morgan fingerprint density at radius 2 is 0.986 bits per heavy atom. The molecule has 17 heteroatoms. The Morgan fingerprint density at radius 3 is 1.33 bits per heavy atom. The molecule has 0 bridgehead atoms. The minimum Gasteiger partial charge on any atom is -0.508 e. The minimum atomic E-state index is -3.03. The van der Waals surface area contributed by atoms with E-state index in [-0.39, 0.29) is 59.3 Å². The minimum absolute atomic E-state index is 0.0293. The zero-order valence-electron chi connectivity index (χ0n) is 39.7. The van der Waals surface area contributed by atoms with Gasteiger partial charge in [0.1, 0.15) is 58.6 Å². The topological polar surface area (TPSA) is 208 Å². The number of aromatic hydroxyl groups is 2. The van der Waals surface area contributed by atoms with Gasteiger partial charge in [-0.3, -0.25) is 14.4 Å². The lowest BCUT2D eigenvalue weighted by Crippen LogP contribution is -2.61. The summed E-state index contributed by atoms with van der Waals surface area (Å²) in [4.78, 5) is 47.7. The maximum atomic E-state index is 19.7. The standard InChI is InChI=1S/C55H56F6N4O7/c1-27-33(9-3-11-37(27)56)41-43(47(68)35-23-31(66)13-15-39(35)58)51(60)54(17-19-62,45(49(41)70)29-7-5-21-64-25-29)53(72)55(18-20-63)46(30-8-6-22-65-26-30)50(71)42(34-10-4-12-38(57)28(34)2)44(52(55)61)48(69)36-24-32(67)14-16-40(36)59/h3-4,9-16,23-24,29-30,51-52,64-67,70-71H,5-8,17-22,25-26,62-63H2,1-2H3/t29?,30?,51-,52-,54-,55-/m0/s1. The number of phenolic OH excluding ortho intramolecular Hbond substituents is 2. The van der Waals surface area contributed by atoms with Crippen LogP contribution in [0.4, 0.5) is 26.3 Å². The molecule has 0 aromatic heterocycles. The number of halogens is 6. The fourth-order valence-electron chi connectivity index (χ4n) is 11.8. The second kappa shape index (κ2) is 20.5. The number of Topliss-reactive ketones (excluding diaryl/α,β-unsaturated/α-hetero) is 3. The first-order chi connectivity index (χ1) is 34.4. The zero-order valence-corrected chi connectivity index (χ0v) is 39.7. The molecule has 8 rings (SSSR count). The molecule has 380 valence electrons. The van der Waals surface area contributed by atoms with Gasteiger partial charge in [0, 0.05) is 35.4 Å². The van der Waals surface area contributed by atoms with E-state index in [1.54, 1.807) is 0 Å². The Hall–Kier alpha value is -6.53. The van der Waals surface area contributed by atoms with Crippen molar-refractivity contribution < 1.29 is 61.2 Å². The molecule has 0 radical (unpaired) electrons. The predicted octanol–water partition coefficient (Wildman–Crippen LogP) is 8.81. The van der Waals surface area contributed by atoms with Gasteiger partial charge in [-0.25, -0.2) is 26.3 Å². The summed E-state index contributed by atoms with van der Waals surface area (Å²) < 4.78 is 103. The fraction of sp³-hybridized carbons (Fsp3) is 0.364. The Balaban J connectivity index is 1.54. The van der Waals surface area contributed by atoms with E-state index in [1.165, 1.54) is 38.1 Å². The molecule has 11 nitrogen and oxygen atoms in total. The number of carbonyl (C=O) groups is 3. The van der Waals surface area contributed by atoms with E-state index in [2.05, 4.69) is 10.6 Å². The largest absolute Gasteiger partial charge is 0.508 e. The number of hydrogen-bond donors (Lipinski definition) is 8. The van der Waals surface area contributed by atoms with Crippen molar-refractivity contribution >= 4 is 28.5 Å². The number of nitrogens with one attached hydrogen (secondary N) is 2. The Kier molecular flexibility index (Phi) is 14.8. The number of aliphatic hydroxyl groups excluding tert-OH is 2. The highest BCUT2D eigenvalue weighted by molar-refractivity contribution is 6.20. The summed E-state index contributed by atoms with van der Waals surface area (Å²) in [5.41, 5.74) is 0.0851. The van der Waals surface area contributed by atoms with Crippen molar-refractivity contribution in [2.24, 2.45) is 34.1 Å². The molecule has 72 heavy (non-hydrogen) atoms. The number of benzene rings is 4. The highest BCUT2D eigenvalue weighted by Gasteiger charge is 2.68. The summed E-state index contributed by atoms with van der Waals surface area (Å²) in [5, 5.41) is 53.8. The number of piperidine rings is 2. The van der Waals surface area contributed by atoms with Crippen LogP contribution < -0.4 is 22.1 Å². The van der Waals surface area contributed by atoms with Crippen LogP contribution >= 0.6 is 0 Å². The second-order valence-electron chi connectivity index (χ2n) is 19.1. The van der Waals surface area contributed by atoms with Gasteiger partial charge >= 0.3 is 0 Å². The predicted molar refractivity (Wildman–Crippen MR) is 258 cm³/mol. The maximum Gasteiger partial charge on any atom is 0.195 e. The van der Waals surface area contributed by atoms with Gasteiger partial charge < -0.3 is 42.5 Å². The SMILES string of the molecule is Cc1c(F)cccc1C1=C(C(=O)c2cc(O)ccc2F)[C@H](F)[C@@](CCN)(C(=O)[C@@]2(CCN)C(C3CCCNC3)=C(O)C(c3cccc(F)c3C)=C(C(=O)c3cc(O)ccc3F)[C@@H]2F)C(C2CCCNC2)=C1O. The first-order valence-electron chi connectivity index (χ1n) is 24.0. The number of aliphatic hydroxyl groups is 2. The van der Waals surface area contributed by atoms with Crippen LogP contribution in [0.2, 0.25) is 0 Å². The lowest BCUT2D eigenvalue weighted by Gasteiger charge is -2.53. The fourth-order valence-corrected chi connectivity index (χ4v) is 11.8. The van der Waals surface area contributed by atoms with Crippen LogP contribution in [0.1, 0.15) is 81.5 Å². The van der Waals surface area contributed by atoms with Crippen LogP contribution in [0, 0.1) is 59.8 Å². The summed E-state index contributed by atoms with van der Waals surface area (Å²) in [7, 11) is 0. The molecule has 4 aromatic rings. The molecule has 0 saturated carbocycles. The molecule has 2 heterocycles. The van der Waals surface area contributed by atoms with Crippen LogP contribution in [-0.4, -0.2) is 89.4 Å². The molecule has 2 aliphatic heterocycles. The third-order valence-corrected chi connectivity index (χ3v) is 15.1. The van der Waals surface area contributed by atoms with Crippen molar-refractivity contribution in [3.05, 3.63) is 163 Å².